The predicted molar refractivity (Wildman–Crippen MR) is 42.3 cm³/mol. The molecule has 0 unspecified atom stereocenters. The van der Waals surface area contributed by atoms with E-state index in [0.717, 1.165) is 12.0 Å². The molecule has 0 aliphatic rings. The van der Waals surface area contributed by atoms with Gasteiger partial charge in [0.1, 0.15) is 0 Å². The molecule has 0 aliphatic carbocycles. The van der Waals surface area contributed by atoms with Crippen LogP contribution < -0.4 is 4.90 Å². The highest BCUT2D eigenvalue weighted by Gasteiger charge is 2.07. The Labute approximate surface area is 68.9 Å². The summed E-state index contributed by atoms with van der Waals surface area (Å²) < 4.78 is 4.43. The number of benzene rings is 1. The summed E-state index contributed by atoms with van der Waals surface area (Å²) >= 11 is 0. The second-order valence-electron chi connectivity index (χ2n) is 2.61. The molecule has 62 valence electrons. The van der Waals surface area contributed by atoms with Crippen LogP contribution in [0.4, 0.5) is 0 Å². The van der Waals surface area contributed by atoms with Crippen molar-refractivity contribution in [2.75, 3.05) is 0 Å². The highest BCUT2D eigenvalue weighted by atomic mass is 16.8. The van der Waals surface area contributed by atoms with E-state index in [1.807, 2.05) is 13.0 Å². The summed E-state index contributed by atoms with van der Waals surface area (Å²) in [6.07, 6.45) is 0.904. The molecule has 1 aromatic heterocycles. The fraction of sp³-hybridized carbons (Fsp3) is 0.250. The third-order valence-electron chi connectivity index (χ3n) is 1.86. The molecule has 0 amide bonds. The highest BCUT2D eigenvalue weighted by Crippen LogP contribution is 2.10. The molecule has 0 saturated carbocycles. The lowest BCUT2D eigenvalue weighted by Gasteiger charge is -1.91. The molecule has 2 rings (SSSR count). The molecule has 2 aromatic rings. The van der Waals surface area contributed by atoms with Crippen molar-refractivity contribution in [1.82, 2.24) is 5.16 Å². The standard InChI is InChI=1S/C8H8N2O2/c1-2-6-3-4-7-8(5-6)10(11)12-9-7/h3-5H,2H2,1H3. The van der Waals surface area contributed by atoms with E-state index in [1.54, 1.807) is 12.1 Å². The van der Waals surface area contributed by atoms with E-state index in [2.05, 4.69) is 9.79 Å². The Hall–Kier alpha value is -1.58. The van der Waals surface area contributed by atoms with Crippen LogP contribution in [-0.2, 0) is 6.42 Å². The van der Waals surface area contributed by atoms with Gasteiger partial charge in [-0.3, -0.25) is 4.63 Å². The quantitative estimate of drug-likeness (QED) is 0.591. The van der Waals surface area contributed by atoms with Crippen LogP contribution in [0.5, 0.6) is 0 Å². The van der Waals surface area contributed by atoms with Gasteiger partial charge in [0.15, 0.2) is 0 Å². The fourth-order valence-electron chi connectivity index (χ4n) is 1.14. The van der Waals surface area contributed by atoms with Gasteiger partial charge >= 0.3 is 0 Å². The van der Waals surface area contributed by atoms with Gasteiger partial charge < -0.3 is 5.21 Å². The number of aromatic nitrogens is 2. The summed E-state index contributed by atoms with van der Waals surface area (Å²) in [6.45, 7) is 2.03. The van der Waals surface area contributed by atoms with E-state index in [-0.39, 0.29) is 0 Å². The minimum Gasteiger partial charge on any atom is -0.359 e. The molecule has 1 aromatic carbocycles. The van der Waals surface area contributed by atoms with Gasteiger partial charge in [-0.25, -0.2) is 0 Å². The Morgan fingerprint density at radius 2 is 2.42 bits per heavy atom. The van der Waals surface area contributed by atoms with Crippen LogP contribution in [-0.4, -0.2) is 5.16 Å². The molecule has 0 fully saturated rings. The minimum absolute atomic E-state index is 0.425. The summed E-state index contributed by atoms with van der Waals surface area (Å²) in [5, 5.41) is 14.5. The van der Waals surface area contributed by atoms with Crippen molar-refractivity contribution in [2.24, 2.45) is 0 Å². The molecular formula is C8H8N2O2. The first-order valence-electron chi connectivity index (χ1n) is 3.79. The SMILES string of the molecule is CCc1ccc2no[n+]([O-])c2c1. The van der Waals surface area contributed by atoms with Crippen LogP contribution >= 0.6 is 0 Å². The summed E-state index contributed by atoms with van der Waals surface area (Å²) in [5.74, 6) is 0. The highest BCUT2D eigenvalue weighted by molar-refractivity contribution is 5.70. The predicted octanol–water partition coefficient (Wildman–Crippen LogP) is 1.02. The van der Waals surface area contributed by atoms with E-state index in [1.165, 1.54) is 0 Å². The third-order valence-corrected chi connectivity index (χ3v) is 1.86. The smallest absolute Gasteiger partial charge is 0.248 e. The fourth-order valence-corrected chi connectivity index (χ4v) is 1.14. The number of rotatable bonds is 1. The summed E-state index contributed by atoms with van der Waals surface area (Å²) in [6, 6.07) is 5.51. The average molecular weight is 164 g/mol. The molecule has 0 radical (unpaired) electrons. The maximum Gasteiger partial charge on any atom is 0.248 e. The second kappa shape index (κ2) is 2.48. The van der Waals surface area contributed by atoms with Crippen LogP contribution in [0.25, 0.3) is 11.0 Å². The zero-order valence-electron chi connectivity index (χ0n) is 6.65. The van der Waals surface area contributed by atoms with Gasteiger partial charge in [0, 0.05) is 5.16 Å². The topological polar surface area (TPSA) is 53.0 Å². The van der Waals surface area contributed by atoms with Crippen molar-refractivity contribution in [1.29, 1.82) is 0 Å². The van der Waals surface area contributed by atoms with Crippen molar-refractivity contribution in [3.05, 3.63) is 29.0 Å². The molecule has 0 aliphatic heterocycles. The van der Waals surface area contributed by atoms with Gasteiger partial charge in [0.25, 0.3) is 0 Å². The third kappa shape index (κ3) is 0.922. The second-order valence-corrected chi connectivity index (χ2v) is 2.61. The molecule has 1 heterocycles. The molecule has 4 nitrogen and oxygen atoms in total. The zero-order valence-corrected chi connectivity index (χ0v) is 6.65. The molecule has 4 heteroatoms. The maximum absolute atomic E-state index is 10.9. The first kappa shape index (κ1) is 7.09. The van der Waals surface area contributed by atoms with E-state index in [4.69, 9.17) is 0 Å². The molecular weight excluding hydrogens is 156 g/mol. The van der Waals surface area contributed by atoms with Crippen molar-refractivity contribution in [3.63, 3.8) is 0 Å². The van der Waals surface area contributed by atoms with Crippen LogP contribution in [0.2, 0.25) is 0 Å². The van der Waals surface area contributed by atoms with Gasteiger partial charge in [-0.05, 0) is 29.0 Å². The first-order chi connectivity index (χ1) is 5.81. The molecule has 0 spiro atoms. The minimum atomic E-state index is 0.425. The van der Waals surface area contributed by atoms with Crippen molar-refractivity contribution in [3.8, 4) is 0 Å². The van der Waals surface area contributed by atoms with Crippen molar-refractivity contribution in [2.45, 2.75) is 13.3 Å². The maximum atomic E-state index is 10.9. The average Bonchev–Trinajstić information content (AvgIpc) is 2.47. The van der Waals surface area contributed by atoms with Gasteiger partial charge in [-0.15, -0.1) is 0 Å². The van der Waals surface area contributed by atoms with Gasteiger partial charge in [-0.1, -0.05) is 13.0 Å². The Kier molecular flexibility index (Phi) is 1.46. The van der Waals surface area contributed by atoms with Gasteiger partial charge in [0.05, 0.1) is 0 Å². The van der Waals surface area contributed by atoms with Crippen LogP contribution in [0.3, 0.4) is 0 Å². The molecule has 0 atom stereocenters. The Morgan fingerprint density at radius 3 is 3.17 bits per heavy atom. The summed E-state index contributed by atoms with van der Waals surface area (Å²) in [5.41, 5.74) is 2.20. The molecule has 0 N–H and O–H groups in total. The number of nitrogens with zero attached hydrogens (tertiary/aromatic N) is 2. The lowest BCUT2D eigenvalue weighted by atomic mass is 10.1. The van der Waals surface area contributed by atoms with E-state index in [0.29, 0.717) is 15.9 Å². The number of fused-ring (bicyclic) bond motifs is 1. The summed E-state index contributed by atoms with van der Waals surface area (Å²) in [4.78, 5) is 0.425. The Bertz CT molecular complexity index is 408. The van der Waals surface area contributed by atoms with Crippen LogP contribution in [0, 0.1) is 5.21 Å². The Morgan fingerprint density at radius 1 is 1.58 bits per heavy atom. The first-order valence-corrected chi connectivity index (χ1v) is 3.79. The Balaban J connectivity index is 2.71. The van der Waals surface area contributed by atoms with Crippen molar-refractivity contribution < 1.29 is 9.53 Å². The normalized spacial score (nSPS) is 10.8. The lowest BCUT2D eigenvalue weighted by Crippen LogP contribution is -2.22. The summed E-state index contributed by atoms with van der Waals surface area (Å²) in [7, 11) is 0. The van der Waals surface area contributed by atoms with E-state index >= 15 is 0 Å². The molecule has 0 saturated heterocycles. The van der Waals surface area contributed by atoms with Gasteiger partial charge in [-0.2, -0.15) is 0 Å². The monoisotopic (exact) mass is 164 g/mol. The van der Waals surface area contributed by atoms with Gasteiger partial charge in [0.2, 0.25) is 11.0 Å². The van der Waals surface area contributed by atoms with Crippen molar-refractivity contribution >= 4 is 11.0 Å². The molecule has 0 bridgehead atoms. The largest absolute Gasteiger partial charge is 0.359 e. The number of hydrogen-bond donors (Lipinski definition) is 0. The van der Waals surface area contributed by atoms with Crippen LogP contribution in [0.15, 0.2) is 22.8 Å². The molecule has 12 heavy (non-hydrogen) atoms. The van der Waals surface area contributed by atoms with E-state index in [9.17, 15) is 5.21 Å². The number of hydrogen-bond acceptors (Lipinski definition) is 3. The number of aryl methyl sites for hydroxylation is 1. The van der Waals surface area contributed by atoms with Crippen LogP contribution in [0.1, 0.15) is 12.5 Å². The lowest BCUT2D eigenvalue weighted by molar-refractivity contribution is -0.782. The zero-order chi connectivity index (χ0) is 8.55. The van der Waals surface area contributed by atoms with E-state index < -0.39 is 0 Å².